The topological polar surface area (TPSA) is 81.4 Å². The molecule has 4 heterocycles. The van der Waals surface area contributed by atoms with E-state index in [4.69, 9.17) is 4.74 Å². The molecule has 0 unspecified atom stereocenters. The number of nitrogens with zero attached hydrogens (tertiary/aromatic N) is 4. The van der Waals surface area contributed by atoms with Crippen molar-refractivity contribution >= 4 is 5.97 Å². The van der Waals surface area contributed by atoms with Crippen LogP contribution in [0.2, 0.25) is 0 Å². The van der Waals surface area contributed by atoms with Gasteiger partial charge in [0.25, 0.3) is 5.56 Å². The van der Waals surface area contributed by atoms with Crippen LogP contribution in [0.5, 0.6) is 0 Å². The summed E-state index contributed by atoms with van der Waals surface area (Å²) in [5.74, 6) is -0.264. The van der Waals surface area contributed by atoms with Crippen LogP contribution >= 0.6 is 0 Å². The predicted octanol–water partition coefficient (Wildman–Crippen LogP) is 2.94. The van der Waals surface area contributed by atoms with Crippen molar-refractivity contribution in [2.75, 3.05) is 13.1 Å². The van der Waals surface area contributed by atoms with Gasteiger partial charge in [-0.15, -0.1) is 0 Å². The zero-order valence-electron chi connectivity index (χ0n) is 18.9. The summed E-state index contributed by atoms with van der Waals surface area (Å²) in [6.07, 6.45) is 4.61. The van der Waals surface area contributed by atoms with Crippen molar-refractivity contribution in [3.63, 3.8) is 0 Å². The van der Waals surface area contributed by atoms with Crippen molar-refractivity contribution in [1.82, 2.24) is 24.6 Å². The number of aromatic nitrogens is 3. The summed E-state index contributed by atoms with van der Waals surface area (Å²) in [5, 5.41) is 7.97. The standard InChI is InChI=1S/C24H25F2N5O3/c1-14-9-29(12-21(28-14)18-3-4-19-20(15(18)2)13-34-23(19)33)10-16-8-27-31(11-16)17-5-6-30(24(25)26)22(32)7-17/h3-8,11,14,21,24,28H,9-10,12-13H2,1-2H3/t14-,21-/m0/s1. The van der Waals surface area contributed by atoms with Crippen LogP contribution in [-0.2, 0) is 17.9 Å². The molecule has 0 bridgehead atoms. The maximum Gasteiger partial charge on any atom is 0.338 e. The lowest BCUT2D eigenvalue weighted by Gasteiger charge is -2.38. The summed E-state index contributed by atoms with van der Waals surface area (Å²) in [5.41, 5.74) is 4.46. The van der Waals surface area contributed by atoms with Gasteiger partial charge in [0, 0.05) is 61.3 Å². The fourth-order valence-electron chi connectivity index (χ4n) is 4.86. The van der Waals surface area contributed by atoms with Gasteiger partial charge in [-0.25, -0.2) is 9.48 Å². The second kappa shape index (κ2) is 8.77. The van der Waals surface area contributed by atoms with Crippen molar-refractivity contribution < 1.29 is 18.3 Å². The smallest absolute Gasteiger partial charge is 0.338 e. The third kappa shape index (κ3) is 4.14. The Hall–Kier alpha value is -3.37. The fourth-order valence-corrected chi connectivity index (χ4v) is 4.86. The molecule has 10 heteroatoms. The third-order valence-electron chi connectivity index (χ3n) is 6.49. The summed E-state index contributed by atoms with van der Waals surface area (Å²) in [6.45, 7) is 3.89. The van der Waals surface area contributed by atoms with E-state index in [9.17, 15) is 18.4 Å². The summed E-state index contributed by atoms with van der Waals surface area (Å²) in [6, 6.07) is 6.80. The van der Waals surface area contributed by atoms with E-state index in [1.807, 2.05) is 25.3 Å². The second-order valence-corrected chi connectivity index (χ2v) is 8.90. The molecule has 0 aliphatic carbocycles. The van der Waals surface area contributed by atoms with Gasteiger partial charge in [0.05, 0.1) is 17.4 Å². The number of esters is 1. The predicted molar refractivity (Wildman–Crippen MR) is 120 cm³/mol. The number of carbonyl (C=O) groups is 1. The van der Waals surface area contributed by atoms with E-state index >= 15 is 0 Å². The summed E-state index contributed by atoms with van der Waals surface area (Å²) < 4.78 is 32.8. The van der Waals surface area contributed by atoms with Crippen LogP contribution in [0.4, 0.5) is 8.78 Å². The molecule has 1 fully saturated rings. The average molecular weight is 469 g/mol. The molecule has 178 valence electrons. The number of cyclic esters (lactones) is 1. The molecule has 1 N–H and O–H groups in total. The molecule has 0 amide bonds. The van der Waals surface area contributed by atoms with Gasteiger partial charge in [0.1, 0.15) is 6.61 Å². The normalized spacial score (nSPS) is 20.6. The maximum absolute atomic E-state index is 12.8. The van der Waals surface area contributed by atoms with Gasteiger partial charge in [0.2, 0.25) is 0 Å². The monoisotopic (exact) mass is 469 g/mol. The summed E-state index contributed by atoms with van der Waals surface area (Å²) in [4.78, 5) is 26.1. The molecular weight excluding hydrogens is 444 g/mol. The van der Waals surface area contributed by atoms with Crippen molar-refractivity contribution in [1.29, 1.82) is 0 Å². The highest BCUT2D eigenvalue weighted by Gasteiger charge is 2.30. The highest BCUT2D eigenvalue weighted by atomic mass is 19.3. The molecule has 1 aromatic carbocycles. The van der Waals surface area contributed by atoms with Crippen LogP contribution in [0.25, 0.3) is 5.69 Å². The number of piperazine rings is 1. The Morgan fingerprint density at radius 1 is 1.24 bits per heavy atom. The molecule has 0 spiro atoms. The molecule has 34 heavy (non-hydrogen) atoms. The molecule has 1 saturated heterocycles. The van der Waals surface area contributed by atoms with E-state index in [1.165, 1.54) is 10.7 Å². The van der Waals surface area contributed by atoms with Gasteiger partial charge in [-0.1, -0.05) is 6.07 Å². The lowest BCUT2D eigenvalue weighted by molar-refractivity contribution is 0.0534. The number of fused-ring (bicyclic) bond motifs is 1. The van der Waals surface area contributed by atoms with Crippen LogP contribution in [0.1, 0.15) is 52.1 Å². The van der Waals surface area contributed by atoms with Crippen molar-refractivity contribution in [3.8, 4) is 5.69 Å². The Kier molecular flexibility index (Phi) is 5.78. The van der Waals surface area contributed by atoms with E-state index in [-0.39, 0.29) is 18.1 Å². The Balaban J connectivity index is 1.32. The highest BCUT2D eigenvalue weighted by Crippen LogP contribution is 2.31. The first-order chi connectivity index (χ1) is 16.3. The van der Waals surface area contributed by atoms with Gasteiger partial charge < -0.3 is 10.1 Å². The molecular formula is C24H25F2N5O3. The molecule has 2 aliphatic rings. The molecule has 5 rings (SSSR count). The number of carbonyl (C=O) groups excluding carboxylic acids is 1. The van der Waals surface area contributed by atoms with E-state index in [1.54, 1.807) is 6.20 Å². The zero-order valence-corrected chi connectivity index (χ0v) is 18.9. The van der Waals surface area contributed by atoms with Gasteiger partial charge in [0.15, 0.2) is 0 Å². The third-order valence-corrected chi connectivity index (χ3v) is 6.49. The highest BCUT2D eigenvalue weighted by molar-refractivity contribution is 5.94. The minimum Gasteiger partial charge on any atom is -0.457 e. The number of hydrogen-bond donors (Lipinski definition) is 1. The molecule has 2 aliphatic heterocycles. The molecule has 0 radical (unpaired) electrons. The number of alkyl halides is 2. The summed E-state index contributed by atoms with van der Waals surface area (Å²) in [7, 11) is 0. The maximum atomic E-state index is 12.8. The van der Waals surface area contributed by atoms with Crippen LogP contribution in [0.3, 0.4) is 0 Å². The van der Waals surface area contributed by atoms with Crippen LogP contribution < -0.4 is 10.9 Å². The first kappa shape index (κ1) is 22.4. The van der Waals surface area contributed by atoms with E-state index in [0.29, 0.717) is 29.0 Å². The van der Waals surface area contributed by atoms with Crippen molar-refractivity contribution in [2.45, 2.75) is 45.6 Å². The number of pyridine rings is 1. The van der Waals surface area contributed by atoms with Crippen LogP contribution in [-0.4, -0.2) is 44.3 Å². The minimum atomic E-state index is -2.88. The first-order valence-corrected chi connectivity index (χ1v) is 11.1. The Bertz CT molecular complexity index is 1300. The average Bonchev–Trinajstić information content (AvgIpc) is 3.40. The molecule has 8 nitrogen and oxygen atoms in total. The largest absolute Gasteiger partial charge is 0.457 e. The van der Waals surface area contributed by atoms with Gasteiger partial charge in [-0.2, -0.15) is 13.9 Å². The number of benzene rings is 1. The first-order valence-electron chi connectivity index (χ1n) is 11.1. The molecule has 2 atom stereocenters. The Morgan fingerprint density at radius 2 is 2.06 bits per heavy atom. The van der Waals surface area contributed by atoms with E-state index in [2.05, 4.69) is 22.2 Å². The molecule has 3 aromatic rings. The Morgan fingerprint density at radius 3 is 2.82 bits per heavy atom. The van der Waals surface area contributed by atoms with Gasteiger partial charge in [-0.3, -0.25) is 14.3 Å². The number of ether oxygens (including phenoxy) is 1. The van der Waals surface area contributed by atoms with Gasteiger partial charge in [-0.05, 0) is 37.1 Å². The van der Waals surface area contributed by atoms with Crippen LogP contribution in [0, 0.1) is 6.92 Å². The number of halogens is 2. The van der Waals surface area contributed by atoms with Crippen molar-refractivity contribution in [2.24, 2.45) is 0 Å². The zero-order chi connectivity index (χ0) is 24.0. The van der Waals surface area contributed by atoms with Crippen molar-refractivity contribution in [3.05, 3.63) is 81.0 Å². The summed E-state index contributed by atoms with van der Waals surface area (Å²) >= 11 is 0. The lowest BCUT2D eigenvalue weighted by Crippen LogP contribution is -2.50. The van der Waals surface area contributed by atoms with E-state index in [0.717, 1.165) is 47.6 Å². The number of rotatable bonds is 5. The number of nitrogens with one attached hydrogen (secondary N) is 1. The lowest BCUT2D eigenvalue weighted by atomic mass is 9.92. The quantitative estimate of drug-likeness (QED) is 0.579. The minimum absolute atomic E-state index is 0.0988. The van der Waals surface area contributed by atoms with E-state index < -0.39 is 12.1 Å². The Labute approximate surface area is 194 Å². The SMILES string of the molecule is Cc1c([C@@H]2CN(Cc3cnn(-c4ccn(C(F)F)c(=O)c4)c3)C[C@H](C)N2)ccc2c1COC2=O. The van der Waals surface area contributed by atoms with Crippen LogP contribution in [0.15, 0.2) is 47.7 Å². The molecule has 2 aromatic heterocycles. The van der Waals surface area contributed by atoms with Gasteiger partial charge >= 0.3 is 12.5 Å². The second-order valence-electron chi connectivity index (χ2n) is 8.90. The fraction of sp³-hybridized carbons (Fsp3) is 0.375. The number of hydrogen-bond acceptors (Lipinski definition) is 6. The molecule has 0 saturated carbocycles.